The van der Waals surface area contributed by atoms with E-state index in [4.69, 9.17) is 16.3 Å². The number of pyridine rings is 1. The van der Waals surface area contributed by atoms with Crippen molar-refractivity contribution in [3.8, 4) is 0 Å². The van der Waals surface area contributed by atoms with Crippen LogP contribution in [0, 0.1) is 0 Å². The summed E-state index contributed by atoms with van der Waals surface area (Å²) in [6, 6.07) is 16.8. The van der Waals surface area contributed by atoms with Crippen LogP contribution in [0.15, 0.2) is 67.0 Å². The van der Waals surface area contributed by atoms with Gasteiger partial charge in [-0.3, -0.25) is 24.3 Å². The fraction of sp³-hybridized carbons (Fsp3) is 0.267. The molecule has 1 aromatic heterocycles. The van der Waals surface area contributed by atoms with Crippen molar-refractivity contribution in [2.24, 2.45) is 0 Å². The molecule has 2 aliphatic heterocycles. The van der Waals surface area contributed by atoms with Crippen molar-refractivity contribution in [3.63, 3.8) is 0 Å². The molecular weight excluding hydrogens is 502 g/mol. The topological polar surface area (TPSA) is 79.8 Å². The molecule has 0 N–H and O–H groups in total. The Balaban J connectivity index is 1.21. The van der Waals surface area contributed by atoms with E-state index in [0.717, 1.165) is 17.7 Å². The lowest BCUT2D eigenvalue weighted by atomic mass is 9.96. The summed E-state index contributed by atoms with van der Waals surface area (Å²) in [4.78, 5) is 47.4. The average Bonchev–Trinajstić information content (AvgIpc) is 3.49. The highest BCUT2D eigenvalue weighted by Crippen LogP contribution is 2.38. The molecule has 0 spiro atoms. The molecule has 0 saturated carbocycles. The van der Waals surface area contributed by atoms with Crippen molar-refractivity contribution in [2.75, 3.05) is 26.2 Å². The SMILES string of the molecule is O=C1CCc2cc(C3=C(c4ccncc4)C(=O)C(C(=O)N4CCN(Cc5ccc(Cl)cc5)CC4)O3)ccc21. The van der Waals surface area contributed by atoms with Crippen LogP contribution in [-0.2, 0) is 27.3 Å². The summed E-state index contributed by atoms with van der Waals surface area (Å²) in [5.74, 6) is -0.167. The van der Waals surface area contributed by atoms with Gasteiger partial charge in [-0.15, -0.1) is 0 Å². The van der Waals surface area contributed by atoms with Gasteiger partial charge in [0, 0.05) is 67.7 Å². The molecule has 1 amide bonds. The minimum atomic E-state index is -1.23. The van der Waals surface area contributed by atoms with Crippen molar-refractivity contribution in [1.29, 1.82) is 0 Å². The molecule has 1 fully saturated rings. The van der Waals surface area contributed by atoms with Gasteiger partial charge in [0.25, 0.3) is 5.91 Å². The Kier molecular flexibility index (Phi) is 6.55. The summed E-state index contributed by atoms with van der Waals surface area (Å²) in [5.41, 5.74) is 4.54. The van der Waals surface area contributed by atoms with Crippen LogP contribution in [-0.4, -0.2) is 64.5 Å². The molecule has 3 aromatic rings. The molecule has 1 saturated heterocycles. The van der Waals surface area contributed by atoms with Crippen molar-refractivity contribution in [3.05, 3.63) is 99.8 Å². The summed E-state index contributed by atoms with van der Waals surface area (Å²) in [6.07, 6.45) is 3.15. The molecular formula is C30H26ClN3O4. The van der Waals surface area contributed by atoms with Crippen LogP contribution in [0.5, 0.6) is 0 Å². The number of ketones is 2. The first-order valence-corrected chi connectivity index (χ1v) is 13.1. The van der Waals surface area contributed by atoms with Crippen molar-refractivity contribution < 1.29 is 19.1 Å². The Hall–Kier alpha value is -3.81. The summed E-state index contributed by atoms with van der Waals surface area (Å²) >= 11 is 5.99. The highest BCUT2D eigenvalue weighted by molar-refractivity contribution is 6.36. The van der Waals surface area contributed by atoms with E-state index in [0.29, 0.717) is 72.1 Å². The first-order chi connectivity index (χ1) is 18.5. The molecule has 2 aromatic carbocycles. The number of nitrogens with zero attached hydrogens (tertiary/aromatic N) is 3. The summed E-state index contributed by atoms with van der Waals surface area (Å²) in [7, 11) is 0. The lowest BCUT2D eigenvalue weighted by Crippen LogP contribution is -2.52. The predicted octanol–water partition coefficient (Wildman–Crippen LogP) is 4.04. The molecule has 3 heterocycles. The lowest BCUT2D eigenvalue weighted by Gasteiger charge is -2.35. The van der Waals surface area contributed by atoms with Crippen LogP contribution in [0.1, 0.15) is 39.0 Å². The van der Waals surface area contributed by atoms with E-state index < -0.39 is 6.10 Å². The highest BCUT2D eigenvalue weighted by atomic mass is 35.5. The molecule has 192 valence electrons. The molecule has 7 nitrogen and oxygen atoms in total. The fourth-order valence-corrected chi connectivity index (χ4v) is 5.50. The van der Waals surface area contributed by atoms with E-state index in [1.165, 1.54) is 0 Å². The second-order valence-electron chi connectivity index (χ2n) is 9.83. The van der Waals surface area contributed by atoms with Crippen LogP contribution >= 0.6 is 11.6 Å². The van der Waals surface area contributed by atoms with Crippen LogP contribution in [0.2, 0.25) is 5.02 Å². The lowest BCUT2D eigenvalue weighted by molar-refractivity contribution is -0.145. The van der Waals surface area contributed by atoms with Gasteiger partial charge in [-0.25, -0.2) is 0 Å². The smallest absolute Gasteiger partial charge is 0.271 e. The number of carbonyl (C=O) groups is 3. The van der Waals surface area contributed by atoms with E-state index in [-0.39, 0.29) is 17.5 Å². The van der Waals surface area contributed by atoms with Crippen molar-refractivity contribution in [2.45, 2.75) is 25.5 Å². The number of ether oxygens (including phenoxy) is 1. The Morgan fingerprint density at radius 1 is 0.921 bits per heavy atom. The molecule has 6 rings (SSSR count). The maximum atomic E-state index is 13.7. The molecule has 0 radical (unpaired) electrons. The van der Waals surface area contributed by atoms with Crippen LogP contribution in [0.4, 0.5) is 0 Å². The molecule has 38 heavy (non-hydrogen) atoms. The first kappa shape index (κ1) is 24.5. The zero-order valence-corrected chi connectivity index (χ0v) is 21.5. The third kappa shape index (κ3) is 4.64. The maximum Gasteiger partial charge on any atom is 0.271 e. The number of hydrogen-bond acceptors (Lipinski definition) is 6. The number of piperazine rings is 1. The summed E-state index contributed by atoms with van der Waals surface area (Å²) in [5, 5.41) is 0.706. The molecule has 3 aliphatic rings. The molecule has 1 unspecified atom stereocenters. The van der Waals surface area contributed by atoms with E-state index in [2.05, 4.69) is 9.88 Å². The maximum absolute atomic E-state index is 13.7. The number of halogens is 1. The number of aryl methyl sites for hydroxylation is 1. The Morgan fingerprint density at radius 3 is 2.39 bits per heavy atom. The quantitative estimate of drug-likeness (QED) is 0.466. The highest BCUT2D eigenvalue weighted by Gasteiger charge is 2.43. The Labute approximate surface area is 225 Å². The number of fused-ring (bicyclic) bond motifs is 1. The predicted molar refractivity (Wildman–Crippen MR) is 143 cm³/mol. The number of hydrogen-bond donors (Lipinski definition) is 0. The molecule has 8 heteroatoms. The number of carbonyl (C=O) groups excluding carboxylic acids is 3. The zero-order chi connectivity index (χ0) is 26.2. The van der Waals surface area contributed by atoms with E-state index in [1.54, 1.807) is 41.6 Å². The first-order valence-electron chi connectivity index (χ1n) is 12.8. The van der Waals surface area contributed by atoms with Gasteiger partial charge in [-0.2, -0.15) is 0 Å². The largest absolute Gasteiger partial charge is 0.471 e. The minimum absolute atomic E-state index is 0.126. The van der Waals surface area contributed by atoms with Gasteiger partial charge in [-0.1, -0.05) is 35.9 Å². The molecule has 0 bridgehead atoms. The Bertz CT molecular complexity index is 1440. The van der Waals surface area contributed by atoms with Gasteiger partial charge in [0.1, 0.15) is 5.76 Å². The second kappa shape index (κ2) is 10.2. The summed E-state index contributed by atoms with van der Waals surface area (Å²) < 4.78 is 6.17. The molecule has 1 aliphatic carbocycles. The van der Waals surface area contributed by atoms with Gasteiger partial charge in [0.05, 0.1) is 5.57 Å². The Morgan fingerprint density at radius 2 is 1.66 bits per heavy atom. The summed E-state index contributed by atoms with van der Waals surface area (Å²) in [6.45, 7) is 3.20. The third-order valence-electron chi connectivity index (χ3n) is 7.43. The average molecular weight is 528 g/mol. The van der Waals surface area contributed by atoms with Gasteiger partial charge in [-0.05, 0) is 53.4 Å². The van der Waals surface area contributed by atoms with Gasteiger partial charge < -0.3 is 9.64 Å². The number of Topliss-reactive ketones (excluding diaryl/α,β-unsaturated/α-hetero) is 2. The van der Waals surface area contributed by atoms with E-state index >= 15 is 0 Å². The van der Waals surface area contributed by atoms with Gasteiger partial charge in [0.15, 0.2) is 5.78 Å². The zero-order valence-electron chi connectivity index (χ0n) is 20.7. The van der Waals surface area contributed by atoms with Crippen LogP contribution in [0.25, 0.3) is 11.3 Å². The van der Waals surface area contributed by atoms with Crippen LogP contribution < -0.4 is 0 Å². The second-order valence-corrected chi connectivity index (χ2v) is 10.3. The number of aromatic nitrogens is 1. The standard InChI is InChI=1S/C30H26ClN3O4/c31-23-5-1-19(2-6-23)18-33-13-15-34(16-14-33)30(37)29-27(36)26(20-9-11-32-12-10-20)28(38-29)22-3-7-24-21(17-22)4-8-25(24)35/h1-3,5-7,9-12,17,29H,4,8,13-16,18H2. The number of benzene rings is 2. The number of amides is 1. The molecule has 1 atom stereocenters. The van der Waals surface area contributed by atoms with Crippen LogP contribution in [0.3, 0.4) is 0 Å². The van der Waals surface area contributed by atoms with Gasteiger partial charge in [0.2, 0.25) is 11.9 Å². The van der Waals surface area contributed by atoms with Gasteiger partial charge >= 0.3 is 0 Å². The monoisotopic (exact) mass is 527 g/mol. The van der Waals surface area contributed by atoms with E-state index in [9.17, 15) is 14.4 Å². The van der Waals surface area contributed by atoms with Crippen molar-refractivity contribution in [1.82, 2.24) is 14.8 Å². The minimum Gasteiger partial charge on any atom is -0.471 e. The third-order valence-corrected chi connectivity index (χ3v) is 7.69. The van der Waals surface area contributed by atoms with E-state index in [1.807, 2.05) is 30.3 Å². The normalized spacial score (nSPS) is 19.6. The fourth-order valence-electron chi connectivity index (χ4n) is 5.38. The number of rotatable bonds is 5. The van der Waals surface area contributed by atoms with Crippen molar-refractivity contribution >= 4 is 40.4 Å².